The number of hydrogen-bond acceptors (Lipinski definition) is 5. The molecule has 1 aliphatic carbocycles. The van der Waals surface area contributed by atoms with Gasteiger partial charge in [0, 0.05) is 19.3 Å². The molecule has 0 bridgehead atoms. The molecule has 0 spiro atoms. The highest BCUT2D eigenvalue weighted by Gasteiger charge is 2.47. The number of piperidine rings is 1. The van der Waals surface area contributed by atoms with Crippen LogP contribution in [0.3, 0.4) is 0 Å². The first-order chi connectivity index (χ1) is 10.3. The second-order valence-corrected chi connectivity index (χ2v) is 7.67. The van der Waals surface area contributed by atoms with E-state index in [0.29, 0.717) is 10.3 Å². The third kappa shape index (κ3) is 5.32. The third-order valence-corrected chi connectivity index (χ3v) is 4.18. The van der Waals surface area contributed by atoms with Crippen LogP contribution in [0.2, 0.25) is 5.15 Å². The minimum Gasteiger partial charge on any atom is -0.444 e. The van der Waals surface area contributed by atoms with Crippen molar-refractivity contribution in [2.75, 3.05) is 19.3 Å². The van der Waals surface area contributed by atoms with E-state index in [-0.39, 0.29) is 11.7 Å². The molecule has 1 aromatic rings. The maximum absolute atomic E-state index is 11.5. The zero-order valence-corrected chi connectivity index (χ0v) is 14.9. The summed E-state index contributed by atoms with van der Waals surface area (Å²) in [6, 6.07) is 1.65. The van der Waals surface area contributed by atoms with Gasteiger partial charge in [-0.1, -0.05) is 23.4 Å². The van der Waals surface area contributed by atoms with Crippen LogP contribution in [0.5, 0.6) is 0 Å². The Labute approximate surface area is 140 Å². The average molecular weight is 344 g/mol. The van der Waals surface area contributed by atoms with Crippen LogP contribution in [-0.4, -0.2) is 45.9 Å². The zero-order chi connectivity index (χ0) is 16.3. The highest BCUT2D eigenvalue weighted by molar-refractivity contribution is 7.98. The molecular formula is C15H22ClN3O2S. The van der Waals surface area contributed by atoms with Crippen LogP contribution in [0.1, 0.15) is 27.2 Å². The molecule has 1 aliphatic heterocycles. The number of halogens is 1. The predicted molar refractivity (Wildman–Crippen MR) is 88.2 cm³/mol. The van der Waals surface area contributed by atoms with Gasteiger partial charge in [-0.05, 0) is 51.3 Å². The lowest BCUT2D eigenvalue weighted by Gasteiger charge is -2.25. The molecule has 122 valence electrons. The summed E-state index contributed by atoms with van der Waals surface area (Å²) in [6.45, 7) is 7.55. The van der Waals surface area contributed by atoms with Crippen molar-refractivity contribution in [1.29, 1.82) is 0 Å². The molecule has 1 saturated heterocycles. The fourth-order valence-corrected chi connectivity index (χ4v) is 2.83. The Kier molecular flexibility index (Phi) is 5.55. The van der Waals surface area contributed by atoms with Gasteiger partial charge in [0.2, 0.25) is 0 Å². The van der Waals surface area contributed by atoms with Crippen LogP contribution in [0.15, 0.2) is 17.4 Å². The summed E-state index contributed by atoms with van der Waals surface area (Å²) >= 11 is 7.04. The highest BCUT2D eigenvalue weighted by atomic mass is 35.5. The number of likely N-dealkylation sites (tertiary alicyclic amines) is 1. The minimum absolute atomic E-state index is 0.139. The van der Waals surface area contributed by atoms with E-state index in [2.05, 4.69) is 9.97 Å². The van der Waals surface area contributed by atoms with Crippen LogP contribution < -0.4 is 0 Å². The molecule has 5 nitrogen and oxygen atoms in total. The van der Waals surface area contributed by atoms with Crippen molar-refractivity contribution in [3.05, 3.63) is 17.4 Å². The second kappa shape index (κ2) is 7.04. The number of aromatic nitrogens is 2. The molecular weight excluding hydrogens is 322 g/mol. The van der Waals surface area contributed by atoms with E-state index >= 15 is 0 Å². The Morgan fingerprint density at radius 1 is 1.41 bits per heavy atom. The van der Waals surface area contributed by atoms with E-state index in [1.807, 2.05) is 31.9 Å². The van der Waals surface area contributed by atoms with E-state index < -0.39 is 0 Å². The van der Waals surface area contributed by atoms with Crippen LogP contribution in [0, 0.1) is 11.8 Å². The van der Waals surface area contributed by atoms with Gasteiger partial charge in [0.15, 0.2) is 5.16 Å². The molecule has 3 rings (SSSR count). The first kappa shape index (κ1) is 17.3. The molecule has 2 heterocycles. The van der Waals surface area contributed by atoms with Gasteiger partial charge in [0.05, 0.1) is 0 Å². The maximum Gasteiger partial charge on any atom is 0.410 e. The molecule has 1 aromatic heterocycles. The van der Waals surface area contributed by atoms with Gasteiger partial charge in [-0.25, -0.2) is 14.8 Å². The zero-order valence-electron chi connectivity index (χ0n) is 13.4. The van der Waals surface area contributed by atoms with Crippen LogP contribution in [0.4, 0.5) is 4.79 Å². The number of carbonyl (C=O) groups excluding carboxylic acids is 1. The number of amides is 1. The normalized spacial score (nSPS) is 22.5. The van der Waals surface area contributed by atoms with Gasteiger partial charge >= 0.3 is 6.09 Å². The summed E-state index contributed by atoms with van der Waals surface area (Å²) in [5, 5.41) is 1.21. The molecule has 2 atom stereocenters. The second-order valence-electron chi connectivity index (χ2n) is 6.51. The smallest absolute Gasteiger partial charge is 0.410 e. The lowest BCUT2D eigenvalue weighted by molar-refractivity contribution is 0.0274. The molecule has 2 aliphatic rings. The number of ether oxygens (including phenoxy) is 1. The van der Waals surface area contributed by atoms with Gasteiger partial charge in [-0.2, -0.15) is 0 Å². The number of nitrogens with zero attached hydrogens (tertiary/aromatic N) is 3. The first-order valence-electron chi connectivity index (χ1n) is 7.29. The summed E-state index contributed by atoms with van der Waals surface area (Å²) in [5.41, 5.74) is -0.357. The minimum atomic E-state index is -0.357. The van der Waals surface area contributed by atoms with Crippen molar-refractivity contribution >= 4 is 29.5 Å². The Hall–Kier alpha value is -1.01. The predicted octanol–water partition coefficient (Wildman–Crippen LogP) is 3.73. The van der Waals surface area contributed by atoms with E-state index in [1.54, 1.807) is 12.3 Å². The molecule has 0 aromatic carbocycles. The fourth-order valence-electron chi connectivity index (χ4n) is 2.29. The van der Waals surface area contributed by atoms with Crippen molar-refractivity contribution in [2.24, 2.45) is 11.8 Å². The molecule has 0 radical (unpaired) electrons. The molecule has 7 heteroatoms. The Morgan fingerprint density at radius 3 is 2.50 bits per heavy atom. The number of hydrogen-bond donors (Lipinski definition) is 0. The number of carbonyl (C=O) groups is 1. The summed E-state index contributed by atoms with van der Waals surface area (Å²) in [7, 11) is 0. The summed E-state index contributed by atoms with van der Waals surface area (Å²) in [5.74, 6) is 1.57. The van der Waals surface area contributed by atoms with Crippen molar-refractivity contribution in [3.63, 3.8) is 0 Å². The molecule has 1 amide bonds. The summed E-state index contributed by atoms with van der Waals surface area (Å²) in [4.78, 5) is 21.2. The number of thioether (sulfide) groups is 1. The van der Waals surface area contributed by atoms with Gasteiger partial charge in [0.1, 0.15) is 10.8 Å². The molecule has 2 unspecified atom stereocenters. The fraction of sp³-hybridized carbons (Fsp3) is 0.667. The van der Waals surface area contributed by atoms with Crippen LogP contribution in [-0.2, 0) is 4.74 Å². The number of rotatable bonds is 1. The molecule has 2 fully saturated rings. The monoisotopic (exact) mass is 343 g/mol. The van der Waals surface area contributed by atoms with Crippen molar-refractivity contribution in [2.45, 2.75) is 37.9 Å². The van der Waals surface area contributed by atoms with Gasteiger partial charge in [-0.15, -0.1) is 0 Å². The van der Waals surface area contributed by atoms with E-state index in [4.69, 9.17) is 16.3 Å². The summed E-state index contributed by atoms with van der Waals surface area (Å²) in [6.07, 6.45) is 4.73. The molecule has 1 saturated carbocycles. The van der Waals surface area contributed by atoms with Crippen molar-refractivity contribution in [3.8, 4) is 0 Å². The highest BCUT2D eigenvalue weighted by Crippen LogP contribution is 2.45. The van der Waals surface area contributed by atoms with Gasteiger partial charge in [-0.3, -0.25) is 0 Å². The van der Waals surface area contributed by atoms with Crippen LogP contribution >= 0.6 is 23.4 Å². The Balaban J connectivity index is 0.000000172. The number of fused-ring (bicyclic) bond motifs is 1. The molecule has 22 heavy (non-hydrogen) atoms. The summed E-state index contributed by atoms with van der Waals surface area (Å²) < 4.78 is 5.28. The quantitative estimate of drug-likeness (QED) is 0.442. The largest absolute Gasteiger partial charge is 0.444 e. The van der Waals surface area contributed by atoms with Crippen molar-refractivity contribution < 1.29 is 9.53 Å². The van der Waals surface area contributed by atoms with E-state index in [1.165, 1.54) is 18.2 Å². The van der Waals surface area contributed by atoms with E-state index in [0.717, 1.165) is 24.9 Å². The third-order valence-electron chi connectivity index (χ3n) is 3.41. The first-order valence-corrected chi connectivity index (χ1v) is 8.89. The lowest BCUT2D eigenvalue weighted by atomic mass is 10.2. The maximum atomic E-state index is 11.5. The SMILES string of the molecule is CC(C)(C)OC(=O)N1CC2CC2C1.CSc1nccc(Cl)n1. The standard InChI is InChI=1S/C10H17NO2.C5H5ClN2S/c1-10(2,3)13-9(12)11-5-7-4-8(7)6-11;1-9-5-7-3-2-4(6)8-5/h7-8H,4-6H2,1-3H3;2-3H,1H3. The van der Waals surface area contributed by atoms with Gasteiger partial charge in [0.25, 0.3) is 0 Å². The average Bonchev–Trinajstić information content (AvgIpc) is 3.04. The van der Waals surface area contributed by atoms with Gasteiger partial charge < -0.3 is 9.64 Å². The molecule has 0 N–H and O–H groups in total. The topological polar surface area (TPSA) is 55.3 Å². The Morgan fingerprint density at radius 2 is 2.05 bits per heavy atom. The van der Waals surface area contributed by atoms with Crippen molar-refractivity contribution in [1.82, 2.24) is 14.9 Å². The van der Waals surface area contributed by atoms with Crippen LogP contribution in [0.25, 0.3) is 0 Å². The Bertz CT molecular complexity index is 526. The lowest BCUT2D eigenvalue weighted by Crippen LogP contribution is -2.36. The van der Waals surface area contributed by atoms with E-state index in [9.17, 15) is 4.79 Å².